The zero-order valence-electron chi connectivity index (χ0n) is 8.80. The maximum atomic E-state index is 2.38. The summed E-state index contributed by atoms with van der Waals surface area (Å²) in [4.78, 5) is 0. The SMILES string of the molecule is C[N+](C)(C)c1ccc2c(c1)CCC2. The van der Waals surface area contributed by atoms with Gasteiger partial charge in [0.25, 0.3) is 0 Å². The molecule has 0 saturated carbocycles. The van der Waals surface area contributed by atoms with Gasteiger partial charge in [-0.25, -0.2) is 0 Å². The maximum Gasteiger partial charge on any atom is 0.132 e. The molecule has 0 bridgehead atoms. The molecule has 0 heterocycles. The Morgan fingerprint density at radius 3 is 2.38 bits per heavy atom. The summed E-state index contributed by atoms with van der Waals surface area (Å²) in [5.41, 5.74) is 4.56. The fraction of sp³-hybridized carbons (Fsp3) is 0.500. The molecule has 2 rings (SSSR count). The normalized spacial score (nSPS) is 15.9. The van der Waals surface area contributed by atoms with Crippen molar-refractivity contribution < 1.29 is 0 Å². The van der Waals surface area contributed by atoms with Crippen molar-refractivity contribution in [2.75, 3.05) is 21.1 Å². The zero-order chi connectivity index (χ0) is 9.47. The summed E-state index contributed by atoms with van der Waals surface area (Å²) in [5, 5.41) is 0. The monoisotopic (exact) mass is 176 g/mol. The Hall–Kier alpha value is -0.820. The van der Waals surface area contributed by atoms with E-state index >= 15 is 0 Å². The van der Waals surface area contributed by atoms with Crippen LogP contribution in [0.5, 0.6) is 0 Å². The average Bonchev–Trinajstić information content (AvgIpc) is 2.47. The first-order valence-corrected chi connectivity index (χ1v) is 5.01. The van der Waals surface area contributed by atoms with Gasteiger partial charge in [0.1, 0.15) is 5.69 Å². The molecular weight excluding hydrogens is 158 g/mol. The van der Waals surface area contributed by atoms with Crippen molar-refractivity contribution in [2.45, 2.75) is 19.3 Å². The van der Waals surface area contributed by atoms with E-state index in [9.17, 15) is 0 Å². The van der Waals surface area contributed by atoms with Gasteiger partial charge >= 0.3 is 0 Å². The van der Waals surface area contributed by atoms with Gasteiger partial charge in [-0.3, -0.25) is 4.48 Å². The molecule has 1 heteroatoms. The van der Waals surface area contributed by atoms with E-state index in [-0.39, 0.29) is 0 Å². The lowest BCUT2D eigenvalue weighted by Crippen LogP contribution is -2.34. The maximum absolute atomic E-state index is 2.38. The number of nitrogens with zero attached hydrogens (tertiary/aromatic N) is 1. The second kappa shape index (κ2) is 2.85. The second-order valence-electron chi connectivity index (χ2n) is 4.82. The Morgan fingerprint density at radius 2 is 1.69 bits per heavy atom. The van der Waals surface area contributed by atoms with E-state index in [1.807, 2.05) is 0 Å². The number of quaternary nitrogens is 1. The van der Waals surface area contributed by atoms with Gasteiger partial charge in [-0.1, -0.05) is 6.07 Å². The molecule has 0 N–H and O–H groups in total. The van der Waals surface area contributed by atoms with Gasteiger partial charge in [0.2, 0.25) is 0 Å². The zero-order valence-corrected chi connectivity index (χ0v) is 8.80. The van der Waals surface area contributed by atoms with Crippen LogP contribution < -0.4 is 4.48 Å². The lowest BCUT2D eigenvalue weighted by atomic mass is 10.1. The van der Waals surface area contributed by atoms with E-state index < -0.39 is 0 Å². The van der Waals surface area contributed by atoms with Gasteiger partial charge in [-0.15, -0.1) is 0 Å². The van der Waals surface area contributed by atoms with Crippen molar-refractivity contribution in [1.82, 2.24) is 4.48 Å². The van der Waals surface area contributed by atoms with Crippen molar-refractivity contribution >= 4 is 5.69 Å². The van der Waals surface area contributed by atoms with E-state index in [0.717, 1.165) is 4.48 Å². The number of aryl methyl sites for hydroxylation is 2. The summed E-state index contributed by atoms with van der Waals surface area (Å²) in [6, 6.07) is 6.95. The average molecular weight is 176 g/mol. The molecular formula is C12H18N+. The quantitative estimate of drug-likeness (QED) is 0.576. The van der Waals surface area contributed by atoms with Crippen LogP contribution in [-0.4, -0.2) is 21.1 Å². The molecule has 0 aliphatic heterocycles. The van der Waals surface area contributed by atoms with Crippen LogP contribution >= 0.6 is 0 Å². The topological polar surface area (TPSA) is 0 Å². The highest BCUT2D eigenvalue weighted by Crippen LogP contribution is 2.27. The molecule has 0 saturated heterocycles. The highest BCUT2D eigenvalue weighted by Gasteiger charge is 2.17. The molecule has 1 aliphatic rings. The van der Waals surface area contributed by atoms with Crippen molar-refractivity contribution in [1.29, 1.82) is 0 Å². The lowest BCUT2D eigenvalue weighted by molar-refractivity contribution is 0.486. The highest BCUT2D eigenvalue weighted by atomic mass is 15.3. The predicted molar refractivity (Wildman–Crippen MR) is 58.0 cm³/mol. The van der Waals surface area contributed by atoms with Crippen LogP contribution in [0.15, 0.2) is 18.2 Å². The molecule has 0 spiro atoms. The smallest absolute Gasteiger partial charge is 0.132 e. The summed E-state index contributed by atoms with van der Waals surface area (Å²) in [7, 11) is 6.66. The van der Waals surface area contributed by atoms with Gasteiger partial charge in [0.15, 0.2) is 0 Å². The van der Waals surface area contributed by atoms with E-state index in [4.69, 9.17) is 0 Å². The molecule has 0 radical (unpaired) electrons. The third-order valence-corrected chi connectivity index (χ3v) is 2.86. The number of hydrogen-bond donors (Lipinski definition) is 0. The van der Waals surface area contributed by atoms with Crippen molar-refractivity contribution in [2.24, 2.45) is 0 Å². The minimum atomic E-state index is 0.924. The van der Waals surface area contributed by atoms with Crippen LogP contribution in [-0.2, 0) is 12.8 Å². The summed E-state index contributed by atoms with van der Waals surface area (Å²) in [5.74, 6) is 0. The Bertz CT molecular complexity index is 320. The molecule has 0 amide bonds. The minimum Gasteiger partial charge on any atom is -0.298 e. The summed E-state index contributed by atoms with van der Waals surface area (Å²) in [6.45, 7) is 0. The molecule has 13 heavy (non-hydrogen) atoms. The van der Waals surface area contributed by atoms with Gasteiger partial charge in [0.05, 0.1) is 21.1 Å². The van der Waals surface area contributed by atoms with Crippen LogP contribution in [0, 0.1) is 0 Å². The predicted octanol–water partition coefficient (Wildman–Crippen LogP) is 2.37. The van der Waals surface area contributed by atoms with Crippen molar-refractivity contribution in [3.05, 3.63) is 29.3 Å². The third kappa shape index (κ3) is 1.61. The molecule has 0 fully saturated rings. The fourth-order valence-corrected chi connectivity index (χ4v) is 1.98. The van der Waals surface area contributed by atoms with Gasteiger partial charge < -0.3 is 0 Å². The molecule has 0 unspecified atom stereocenters. The summed E-state index contributed by atoms with van der Waals surface area (Å²) < 4.78 is 0.924. The first kappa shape index (κ1) is 8.76. The highest BCUT2D eigenvalue weighted by molar-refractivity contribution is 5.48. The molecule has 1 aromatic rings. The van der Waals surface area contributed by atoms with Crippen LogP contribution in [0.1, 0.15) is 17.5 Å². The number of fused-ring (bicyclic) bond motifs is 1. The molecule has 1 nitrogen and oxygen atoms in total. The minimum absolute atomic E-state index is 0.924. The molecule has 1 aromatic carbocycles. The van der Waals surface area contributed by atoms with E-state index in [1.54, 1.807) is 11.1 Å². The van der Waals surface area contributed by atoms with Gasteiger partial charge in [0, 0.05) is 6.07 Å². The molecule has 0 atom stereocenters. The van der Waals surface area contributed by atoms with Crippen LogP contribution in [0.2, 0.25) is 0 Å². The summed E-state index contributed by atoms with van der Waals surface area (Å²) in [6.07, 6.45) is 3.91. The van der Waals surface area contributed by atoms with Crippen LogP contribution in [0.25, 0.3) is 0 Å². The van der Waals surface area contributed by atoms with Crippen LogP contribution in [0.4, 0.5) is 5.69 Å². The van der Waals surface area contributed by atoms with Gasteiger partial charge in [-0.05, 0) is 36.5 Å². The first-order chi connectivity index (χ1) is 6.07. The lowest BCUT2D eigenvalue weighted by Gasteiger charge is -2.23. The molecule has 70 valence electrons. The largest absolute Gasteiger partial charge is 0.298 e. The first-order valence-electron chi connectivity index (χ1n) is 5.01. The van der Waals surface area contributed by atoms with E-state index in [0.29, 0.717) is 0 Å². The standard InChI is InChI=1S/C12H18N/c1-13(2,3)12-8-7-10-5-4-6-11(10)9-12/h7-9H,4-6H2,1-3H3/q+1. The van der Waals surface area contributed by atoms with Crippen molar-refractivity contribution in [3.8, 4) is 0 Å². The Kier molecular flexibility index (Phi) is 1.92. The molecule has 1 aliphatic carbocycles. The van der Waals surface area contributed by atoms with Crippen molar-refractivity contribution in [3.63, 3.8) is 0 Å². The fourth-order valence-electron chi connectivity index (χ4n) is 1.98. The van der Waals surface area contributed by atoms with Gasteiger partial charge in [-0.2, -0.15) is 0 Å². The Labute approximate surface area is 80.6 Å². The Morgan fingerprint density at radius 1 is 1.00 bits per heavy atom. The van der Waals surface area contributed by atoms with E-state index in [2.05, 4.69) is 39.3 Å². The second-order valence-corrected chi connectivity index (χ2v) is 4.82. The van der Waals surface area contributed by atoms with Crippen LogP contribution in [0.3, 0.4) is 0 Å². The number of rotatable bonds is 1. The van der Waals surface area contributed by atoms with E-state index in [1.165, 1.54) is 24.9 Å². The third-order valence-electron chi connectivity index (χ3n) is 2.86. The molecule has 0 aromatic heterocycles. The summed E-state index contributed by atoms with van der Waals surface area (Å²) >= 11 is 0. The number of hydrogen-bond acceptors (Lipinski definition) is 0. The Balaban J connectivity index is 2.42. The number of benzene rings is 1.